The van der Waals surface area contributed by atoms with Gasteiger partial charge in [0.25, 0.3) is 0 Å². The van der Waals surface area contributed by atoms with Crippen molar-refractivity contribution in [1.29, 1.82) is 0 Å². The van der Waals surface area contributed by atoms with Gasteiger partial charge in [-0.15, -0.1) is 0 Å². The molecule has 4 nitrogen and oxygen atoms in total. The fraction of sp³-hybridized carbons (Fsp3) is 0.750. The molecular weight excluding hydrogens is 208 g/mol. The van der Waals surface area contributed by atoms with Crippen molar-refractivity contribution in [2.45, 2.75) is 57.0 Å². The van der Waals surface area contributed by atoms with Crippen LogP contribution in [0.1, 0.15) is 40.0 Å². The van der Waals surface area contributed by atoms with Gasteiger partial charge in [0.2, 0.25) is 5.79 Å². The molecule has 16 heavy (non-hydrogen) atoms. The van der Waals surface area contributed by atoms with Crippen molar-refractivity contribution in [3.05, 3.63) is 12.2 Å². The lowest BCUT2D eigenvalue weighted by Crippen LogP contribution is -2.56. The molecule has 2 rings (SSSR count). The predicted molar refractivity (Wildman–Crippen MR) is 57.6 cm³/mol. The fourth-order valence-corrected chi connectivity index (χ4v) is 2.39. The second kappa shape index (κ2) is 3.31. The monoisotopic (exact) mass is 226 g/mol. The van der Waals surface area contributed by atoms with Gasteiger partial charge in [-0.2, -0.15) is 0 Å². The van der Waals surface area contributed by atoms with E-state index in [9.17, 15) is 9.90 Å². The molecule has 1 saturated heterocycles. The van der Waals surface area contributed by atoms with Gasteiger partial charge in [0.15, 0.2) is 5.60 Å². The van der Waals surface area contributed by atoms with E-state index in [1.54, 1.807) is 26.8 Å². The first-order valence-corrected chi connectivity index (χ1v) is 5.63. The molecule has 1 fully saturated rings. The summed E-state index contributed by atoms with van der Waals surface area (Å²) in [4.78, 5) is 11.9. The Labute approximate surface area is 95.2 Å². The molecule has 0 saturated carbocycles. The lowest BCUT2D eigenvalue weighted by atomic mass is 9.77. The second-order valence-corrected chi connectivity index (χ2v) is 5.14. The van der Waals surface area contributed by atoms with Crippen LogP contribution >= 0.6 is 0 Å². The van der Waals surface area contributed by atoms with Gasteiger partial charge in [-0.05, 0) is 26.2 Å². The molecule has 0 amide bonds. The van der Waals surface area contributed by atoms with Crippen LogP contribution in [0.25, 0.3) is 0 Å². The van der Waals surface area contributed by atoms with E-state index in [2.05, 4.69) is 0 Å². The van der Waals surface area contributed by atoms with E-state index in [0.29, 0.717) is 6.42 Å². The van der Waals surface area contributed by atoms with Crippen LogP contribution in [-0.2, 0) is 14.3 Å². The van der Waals surface area contributed by atoms with E-state index in [4.69, 9.17) is 9.47 Å². The minimum absolute atomic E-state index is 0.494. The Kier molecular flexibility index (Phi) is 2.40. The Morgan fingerprint density at radius 3 is 2.50 bits per heavy atom. The summed E-state index contributed by atoms with van der Waals surface area (Å²) in [6.07, 6.45) is 5.84. The van der Waals surface area contributed by atoms with Gasteiger partial charge in [-0.25, -0.2) is 4.79 Å². The molecule has 2 atom stereocenters. The zero-order chi connectivity index (χ0) is 12.0. The maximum Gasteiger partial charge on any atom is 0.344 e. The summed E-state index contributed by atoms with van der Waals surface area (Å²) in [7, 11) is 0. The zero-order valence-electron chi connectivity index (χ0n) is 9.95. The number of cyclic esters (lactones) is 1. The molecule has 0 radical (unpaired) electrons. The van der Waals surface area contributed by atoms with Crippen molar-refractivity contribution in [1.82, 2.24) is 0 Å². The summed E-state index contributed by atoms with van der Waals surface area (Å²) in [5.74, 6) is -1.46. The van der Waals surface area contributed by atoms with Crippen molar-refractivity contribution < 1.29 is 19.4 Å². The first-order chi connectivity index (χ1) is 7.29. The number of rotatable bonds is 1. The maximum absolute atomic E-state index is 11.9. The molecule has 2 aliphatic rings. The molecule has 1 heterocycles. The molecule has 1 aliphatic heterocycles. The Bertz CT molecular complexity index is 347. The molecule has 0 aromatic heterocycles. The third-order valence-corrected chi connectivity index (χ3v) is 3.33. The summed E-state index contributed by atoms with van der Waals surface area (Å²) in [5, 5.41) is 10.5. The normalized spacial score (nSPS) is 42.1. The highest BCUT2D eigenvalue weighted by Gasteiger charge is 2.61. The van der Waals surface area contributed by atoms with E-state index in [0.717, 1.165) is 12.8 Å². The van der Waals surface area contributed by atoms with Crippen molar-refractivity contribution in [2.24, 2.45) is 0 Å². The Hall–Kier alpha value is -0.870. The summed E-state index contributed by atoms with van der Waals surface area (Å²) in [6.45, 7) is 4.94. The summed E-state index contributed by atoms with van der Waals surface area (Å²) < 4.78 is 10.7. The topological polar surface area (TPSA) is 55.8 Å². The molecule has 1 aliphatic carbocycles. The van der Waals surface area contributed by atoms with Crippen LogP contribution in [0.4, 0.5) is 0 Å². The van der Waals surface area contributed by atoms with E-state index >= 15 is 0 Å². The molecule has 0 spiro atoms. The molecule has 4 heteroatoms. The molecule has 0 bridgehead atoms. The molecule has 90 valence electrons. The van der Waals surface area contributed by atoms with Crippen LogP contribution < -0.4 is 0 Å². The molecule has 1 N–H and O–H groups in total. The first-order valence-electron chi connectivity index (χ1n) is 5.63. The van der Waals surface area contributed by atoms with Gasteiger partial charge >= 0.3 is 5.97 Å². The van der Waals surface area contributed by atoms with Gasteiger partial charge in [0.1, 0.15) is 5.60 Å². The number of esters is 1. The van der Waals surface area contributed by atoms with Crippen molar-refractivity contribution >= 4 is 5.97 Å². The first kappa shape index (κ1) is 11.6. The molecule has 0 aromatic carbocycles. The number of carbonyl (C=O) groups excluding carboxylic acids is 1. The van der Waals surface area contributed by atoms with Gasteiger partial charge < -0.3 is 14.6 Å². The number of allylic oxidation sites excluding steroid dienone is 1. The van der Waals surface area contributed by atoms with E-state index < -0.39 is 23.0 Å². The highest BCUT2D eigenvalue weighted by atomic mass is 16.8. The Morgan fingerprint density at radius 2 is 2.06 bits per heavy atom. The van der Waals surface area contributed by atoms with Crippen molar-refractivity contribution in [3.8, 4) is 0 Å². The summed E-state index contributed by atoms with van der Waals surface area (Å²) in [5.41, 5.74) is -2.55. The largest absolute Gasteiger partial charge is 0.431 e. The Balaban J connectivity index is 2.35. The fourth-order valence-electron chi connectivity index (χ4n) is 2.39. The number of aliphatic hydroxyl groups is 1. The third kappa shape index (κ3) is 1.57. The highest BCUT2D eigenvalue weighted by molar-refractivity contribution is 5.83. The van der Waals surface area contributed by atoms with E-state index in [1.807, 2.05) is 6.08 Å². The smallest absolute Gasteiger partial charge is 0.344 e. The summed E-state index contributed by atoms with van der Waals surface area (Å²) in [6, 6.07) is 0. The van der Waals surface area contributed by atoms with Crippen LogP contribution in [0.5, 0.6) is 0 Å². The lowest BCUT2D eigenvalue weighted by molar-refractivity contribution is -0.198. The Morgan fingerprint density at radius 1 is 1.38 bits per heavy atom. The van der Waals surface area contributed by atoms with Crippen LogP contribution in [-0.4, -0.2) is 28.1 Å². The highest BCUT2D eigenvalue weighted by Crippen LogP contribution is 2.43. The van der Waals surface area contributed by atoms with E-state index in [1.165, 1.54) is 0 Å². The average molecular weight is 226 g/mol. The predicted octanol–water partition coefficient (Wildman–Crippen LogP) is 1.53. The van der Waals surface area contributed by atoms with Gasteiger partial charge in [-0.3, -0.25) is 0 Å². The van der Waals surface area contributed by atoms with Crippen LogP contribution in [0.2, 0.25) is 0 Å². The average Bonchev–Trinajstić information content (AvgIpc) is 2.38. The standard InChI is InChI=1S/C12H18O4/c1-10(2)15-9(13)11(3,16-10)12(14)7-5-4-6-8-12/h5,7,14H,4,6,8H2,1-3H3. The van der Waals surface area contributed by atoms with Gasteiger partial charge in [0, 0.05) is 13.8 Å². The van der Waals surface area contributed by atoms with Gasteiger partial charge in [0.05, 0.1) is 0 Å². The maximum atomic E-state index is 11.9. The van der Waals surface area contributed by atoms with Crippen molar-refractivity contribution in [2.75, 3.05) is 0 Å². The number of hydrogen-bond donors (Lipinski definition) is 1. The lowest BCUT2D eigenvalue weighted by Gasteiger charge is -2.38. The molecular formula is C12H18O4. The van der Waals surface area contributed by atoms with Crippen LogP contribution in [0.3, 0.4) is 0 Å². The van der Waals surface area contributed by atoms with E-state index in [-0.39, 0.29) is 0 Å². The zero-order valence-corrected chi connectivity index (χ0v) is 9.95. The van der Waals surface area contributed by atoms with Crippen LogP contribution in [0, 0.1) is 0 Å². The quantitative estimate of drug-likeness (QED) is 0.544. The van der Waals surface area contributed by atoms with Crippen LogP contribution in [0.15, 0.2) is 12.2 Å². The molecule has 2 unspecified atom stereocenters. The SMILES string of the molecule is CC1(C)OC(=O)C(C)(C2(O)C=CCCC2)O1. The van der Waals surface area contributed by atoms with Crippen molar-refractivity contribution in [3.63, 3.8) is 0 Å². The molecule has 0 aromatic rings. The number of hydrogen-bond acceptors (Lipinski definition) is 4. The minimum atomic E-state index is -1.30. The number of ether oxygens (including phenoxy) is 2. The summed E-state index contributed by atoms with van der Waals surface area (Å²) >= 11 is 0. The van der Waals surface area contributed by atoms with Gasteiger partial charge in [-0.1, -0.05) is 12.2 Å². The minimum Gasteiger partial charge on any atom is -0.431 e. The third-order valence-electron chi connectivity index (χ3n) is 3.33. The number of carbonyl (C=O) groups is 1. The second-order valence-electron chi connectivity index (χ2n) is 5.14.